The fourth-order valence-corrected chi connectivity index (χ4v) is 3.10. The highest BCUT2D eigenvalue weighted by Crippen LogP contribution is 2.25. The Labute approximate surface area is 140 Å². The van der Waals surface area contributed by atoms with E-state index in [9.17, 15) is 26.4 Å². The van der Waals surface area contributed by atoms with Crippen LogP contribution in [-0.4, -0.2) is 21.5 Å². The summed E-state index contributed by atoms with van der Waals surface area (Å²) < 4.78 is 70.5. The van der Waals surface area contributed by atoms with Crippen molar-refractivity contribution in [2.45, 2.75) is 4.90 Å². The summed E-state index contributed by atoms with van der Waals surface area (Å²) in [7, 11) is -3.47. The Bertz CT molecular complexity index is 918. The second-order valence-corrected chi connectivity index (χ2v) is 6.52. The van der Waals surface area contributed by atoms with Gasteiger partial charge in [-0.1, -0.05) is 11.6 Å². The lowest BCUT2D eigenvalue weighted by atomic mass is 10.2. The maximum absolute atomic E-state index is 13.7. The van der Waals surface area contributed by atoms with E-state index in [2.05, 4.69) is 4.74 Å². The molecule has 0 saturated carbocycles. The van der Waals surface area contributed by atoms with Gasteiger partial charge in [-0.25, -0.2) is 26.4 Å². The molecular formula is C14H9ClF3NO4S. The minimum absolute atomic E-state index is 0.00352. The monoisotopic (exact) mass is 379 g/mol. The third-order valence-corrected chi connectivity index (χ3v) is 4.64. The minimum atomic E-state index is -4.57. The van der Waals surface area contributed by atoms with Crippen LogP contribution >= 0.6 is 11.6 Å². The number of carbonyl (C=O) groups is 1. The van der Waals surface area contributed by atoms with Gasteiger partial charge in [-0.2, -0.15) is 0 Å². The molecule has 1 N–H and O–H groups in total. The molecule has 128 valence electrons. The van der Waals surface area contributed by atoms with E-state index >= 15 is 0 Å². The van der Waals surface area contributed by atoms with Gasteiger partial charge < -0.3 is 4.74 Å². The first-order valence-corrected chi connectivity index (χ1v) is 8.07. The first-order chi connectivity index (χ1) is 11.2. The van der Waals surface area contributed by atoms with Gasteiger partial charge in [0.05, 0.1) is 17.7 Å². The van der Waals surface area contributed by atoms with Crippen molar-refractivity contribution < 1.29 is 31.1 Å². The lowest BCUT2D eigenvalue weighted by Gasteiger charge is -2.11. The highest BCUT2D eigenvalue weighted by atomic mass is 35.5. The predicted molar refractivity (Wildman–Crippen MR) is 79.9 cm³/mol. The Morgan fingerprint density at radius 3 is 2.42 bits per heavy atom. The fourth-order valence-electron chi connectivity index (χ4n) is 1.78. The van der Waals surface area contributed by atoms with Gasteiger partial charge in [-0.05, 0) is 30.3 Å². The number of esters is 1. The number of nitrogens with one attached hydrogen (secondary N) is 1. The van der Waals surface area contributed by atoms with E-state index in [1.165, 1.54) is 12.1 Å². The molecule has 24 heavy (non-hydrogen) atoms. The SMILES string of the molecule is COC(=O)c1cc(NS(=O)(=O)c2ccc(F)c(F)c2F)ccc1Cl. The summed E-state index contributed by atoms with van der Waals surface area (Å²) in [6.07, 6.45) is 0. The molecule has 2 aromatic rings. The van der Waals surface area contributed by atoms with Gasteiger partial charge in [0.15, 0.2) is 17.5 Å². The van der Waals surface area contributed by atoms with E-state index < -0.39 is 38.3 Å². The van der Waals surface area contributed by atoms with Crippen LogP contribution in [0.5, 0.6) is 0 Å². The summed E-state index contributed by atoms with van der Waals surface area (Å²) in [6, 6.07) is 4.53. The van der Waals surface area contributed by atoms with Gasteiger partial charge in [-0.3, -0.25) is 4.72 Å². The summed E-state index contributed by atoms with van der Waals surface area (Å²) in [6.45, 7) is 0. The number of hydrogen-bond acceptors (Lipinski definition) is 4. The molecule has 0 amide bonds. The van der Waals surface area contributed by atoms with Crippen molar-refractivity contribution in [3.05, 3.63) is 58.4 Å². The van der Waals surface area contributed by atoms with Crippen molar-refractivity contribution in [3.63, 3.8) is 0 Å². The van der Waals surface area contributed by atoms with Crippen LogP contribution in [-0.2, 0) is 14.8 Å². The fraction of sp³-hybridized carbons (Fsp3) is 0.0714. The smallest absolute Gasteiger partial charge is 0.339 e. The second kappa shape index (κ2) is 6.70. The third kappa shape index (κ3) is 3.46. The Kier molecular flexibility index (Phi) is 5.05. The van der Waals surface area contributed by atoms with Gasteiger partial charge in [0.25, 0.3) is 10.0 Å². The standard InChI is InChI=1S/C14H9ClF3NO4S/c1-23-14(20)8-6-7(2-3-9(8)15)19-24(21,22)11-5-4-10(16)12(17)13(11)18/h2-6,19H,1H3. The normalized spacial score (nSPS) is 11.2. The molecule has 2 aromatic carbocycles. The minimum Gasteiger partial charge on any atom is -0.465 e. The zero-order valence-electron chi connectivity index (χ0n) is 11.9. The van der Waals surface area contributed by atoms with Crippen molar-refractivity contribution >= 4 is 33.3 Å². The third-order valence-electron chi connectivity index (χ3n) is 2.91. The van der Waals surface area contributed by atoms with Crippen LogP contribution < -0.4 is 4.72 Å². The molecule has 0 saturated heterocycles. The van der Waals surface area contributed by atoms with Gasteiger partial charge >= 0.3 is 5.97 Å². The molecule has 0 fully saturated rings. The average Bonchev–Trinajstić information content (AvgIpc) is 2.53. The Morgan fingerprint density at radius 2 is 1.79 bits per heavy atom. The van der Waals surface area contributed by atoms with Gasteiger partial charge in [0, 0.05) is 5.69 Å². The van der Waals surface area contributed by atoms with Crippen LogP contribution in [0.1, 0.15) is 10.4 Å². The van der Waals surface area contributed by atoms with E-state index in [0.29, 0.717) is 12.1 Å². The summed E-state index contributed by atoms with van der Waals surface area (Å²) in [5.74, 6) is -6.11. The van der Waals surface area contributed by atoms with Gasteiger partial charge in [-0.15, -0.1) is 0 Å². The molecule has 0 spiro atoms. The van der Waals surface area contributed by atoms with E-state index in [4.69, 9.17) is 11.6 Å². The van der Waals surface area contributed by atoms with E-state index in [1.807, 2.05) is 4.72 Å². The maximum atomic E-state index is 13.7. The maximum Gasteiger partial charge on any atom is 0.339 e. The molecule has 0 radical (unpaired) electrons. The van der Waals surface area contributed by atoms with E-state index in [-0.39, 0.29) is 16.3 Å². The topological polar surface area (TPSA) is 72.5 Å². The van der Waals surface area contributed by atoms with Gasteiger partial charge in [0.2, 0.25) is 0 Å². The van der Waals surface area contributed by atoms with Crippen LogP contribution in [0, 0.1) is 17.5 Å². The number of hydrogen-bond donors (Lipinski definition) is 1. The Hall–Kier alpha value is -2.26. The second-order valence-electron chi connectivity index (χ2n) is 4.47. The Balaban J connectivity index is 2.44. The zero-order valence-corrected chi connectivity index (χ0v) is 13.5. The quantitative estimate of drug-likeness (QED) is 0.653. The van der Waals surface area contributed by atoms with Crippen LogP contribution in [0.25, 0.3) is 0 Å². The highest BCUT2D eigenvalue weighted by Gasteiger charge is 2.24. The first kappa shape index (κ1) is 18.1. The molecule has 2 rings (SSSR count). The lowest BCUT2D eigenvalue weighted by Crippen LogP contribution is -2.16. The van der Waals surface area contributed by atoms with E-state index in [1.54, 1.807) is 0 Å². The summed E-state index contributed by atoms with van der Waals surface area (Å²) in [4.78, 5) is 10.4. The van der Waals surface area contributed by atoms with Crippen molar-refractivity contribution in [3.8, 4) is 0 Å². The Morgan fingerprint density at radius 1 is 1.12 bits per heavy atom. The number of rotatable bonds is 4. The number of methoxy groups -OCH3 is 1. The van der Waals surface area contributed by atoms with Gasteiger partial charge in [0.1, 0.15) is 4.90 Å². The zero-order chi connectivity index (χ0) is 18.1. The highest BCUT2D eigenvalue weighted by molar-refractivity contribution is 7.92. The van der Waals surface area contributed by atoms with Crippen LogP contribution in [0.3, 0.4) is 0 Å². The molecule has 0 bridgehead atoms. The molecular weight excluding hydrogens is 371 g/mol. The van der Waals surface area contributed by atoms with Crippen molar-refractivity contribution in [1.29, 1.82) is 0 Å². The number of anilines is 1. The molecule has 0 heterocycles. The molecule has 0 unspecified atom stereocenters. The summed E-state index contributed by atoms with van der Waals surface area (Å²) >= 11 is 5.79. The molecule has 0 atom stereocenters. The van der Waals surface area contributed by atoms with Crippen molar-refractivity contribution in [1.82, 2.24) is 0 Å². The summed E-state index contributed by atoms with van der Waals surface area (Å²) in [5, 5.41) is 0.00352. The lowest BCUT2D eigenvalue weighted by molar-refractivity contribution is 0.0601. The molecule has 5 nitrogen and oxygen atoms in total. The van der Waals surface area contributed by atoms with Crippen LogP contribution in [0.15, 0.2) is 35.2 Å². The molecule has 10 heteroatoms. The number of ether oxygens (including phenoxy) is 1. The number of benzene rings is 2. The van der Waals surface area contributed by atoms with Crippen molar-refractivity contribution in [2.75, 3.05) is 11.8 Å². The first-order valence-electron chi connectivity index (χ1n) is 6.21. The summed E-state index contributed by atoms with van der Waals surface area (Å²) in [5.41, 5.74) is -0.283. The molecule has 0 aliphatic rings. The van der Waals surface area contributed by atoms with E-state index in [0.717, 1.165) is 13.2 Å². The van der Waals surface area contributed by atoms with Crippen LogP contribution in [0.2, 0.25) is 5.02 Å². The number of halogens is 4. The number of carbonyl (C=O) groups excluding carboxylic acids is 1. The molecule has 0 aliphatic heterocycles. The predicted octanol–water partition coefficient (Wildman–Crippen LogP) is 3.34. The average molecular weight is 380 g/mol. The van der Waals surface area contributed by atoms with Crippen LogP contribution in [0.4, 0.5) is 18.9 Å². The molecule has 0 aromatic heterocycles. The molecule has 0 aliphatic carbocycles. The largest absolute Gasteiger partial charge is 0.465 e. The van der Waals surface area contributed by atoms with Crippen molar-refractivity contribution in [2.24, 2.45) is 0 Å². The number of sulfonamides is 1.